The lowest BCUT2D eigenvalue weighted by atomic mass is 10.1. The summed E-state index contributed by atoms with van der Waals surface area (Å²) < 4.78 is 1.79. The molecule has 0 aliphatic heterocycles. The van der Waals surface area contributed by atoms with E-state index in [9.17, 15) is 5.11 Å². The molecule has 4 aromatic rings. The first-order chi connectivity index (χ1) is 13.2. The van der Waals surface area contributed by atoms with E-state index in [-0.39, 0.29) is 12.6 Å². The van der Waals surface area contributed by atoms with Gasteiger partial charge in [0.05, 0.1) is 18.0 Å². The lowest BCUT2D eigenvalue weighted by Crippen LogP contribution is -2.25. The van der Waals surface area contributed by atoms with Gasteiger partial charge < -0.3 is 10.4 Å². The van der Waals surface area contributed by atoms with E-state index in [1.165, 1.54) is 10.4 Å². The van der Waals surface area contributed by atoms with Crippen LogP contribution < -0.4 is 5.32 Å². The Morgan fingerprint density at radius 3 is 2.63 bits per heavy atom. The highest BCUT2D eigenvalue weighted by atomic mass is 32.1. The predicted octanol–water partition coefficient (Wildman–Crippen LogP) is 4.06. The van der Waals surface area contributed by atoms with Crippen molar-refractivity contribution in [2.45, 2.75) is 39.7 Å². The van der Waals surface area contributed by atoms with Crippen molar-refractivity contribution in [3.8, 4) is 11.4 Å². The van der Waals surface area contributed by atoms with E-state index < -0.39 is 0 Å². The van der Waals surface area contributed by atoms with Gasteiger partial charge in [-0.3, -0.25) is 0 Å². The van der Waals surface area contributed by atoms with E-state index in [0.29, 0.717) is 11.8 Å². The minimum Gasteiger partial charge on any atom is -0.394 e. The fraction of sp³-hybridized carbons (Fsp3) is 0.350. The zero-order chi connectivity index (χ0) is 19.0. The average Bonchev–Trinajstić information content (AvgIpc) is 3.27. The van der Waals surface area contributed by atoms with Crippen LogP contribution in [0.25, 0.3) is 27.3 Å². The summed E-state index contributed by atoms with van der Waals surface area (Å²) in [7, 11) is 0. The van der Waals surface area contributed by atoms with Crippen molar-refractivity contribution in [1.29, 1.82) is 0 Å². The van der Waals surface area contributed by atoms with Crippen LogP contribution in [0.1, 0.15) is 30.7 Å². The van der Waals surface area contributed by atoms with E-state index in [0.717, 1.165) is 34.3 Å². The summed E-state index contributed by atoms with van der Waals surface area (Å²) in [5.74, 6) is 1.30. The lowest BCUT2D eigenvalue weighted by Gasteiger charge is -2.15. The second-order valence-electron chi connectivity index (χ2n) is 6.57. The molecule has 0 spiro atoms. The number of anilines is 1. The molecule has 0 radical (unpaired) electrons. The second kappa shape index (κ2) is 7.25. The van der Waals surface area contributed by atoms with Gasteiger partial charge in [0.1, 0.15) is 4.83 Å². The molecule has 3 aromatic heterocycles. The number of aromatic nitrogens is 4. The molecule has 0 amide bonds. The predicted molar refractivity (Wildman–Crippen MR) is 111 cm³/mol. The van der Waals surface area contributed by atoms with Crippen LogP contribution in [0.15, 0.2) is 30.3 Å². The number of thiophene rings is 1. The second-order valence-corrected chi connectivity index (χ2v) is 7.78. The summed E-state index contributed by atoms with van der Waals surface area (Å²) in [5, 5.41) is 18.8. The molecule has 1 atom stereocenters. The topological polar surface area (TPSA) is 75.3 Å². The maximum Gasteiger partial charge on any atom is 0.227 e. The van der Waals surface area contributed by atoms with Gasteiger partial charge in [-0.25, -0.2) is 9.97 Å². The Hall–Kier alpha value is -2.51. The largest absolute Gasteiger partial charge is 0.394 e. The first kappa shape index (κ1) is 17.9. The molecule has 6 nitrogen and oxygen atoms in total. The molecule has 7 heteroatoms. The van der Waals surface area contributed by atoms with Crippen LogP contribution in [0.5, 0.6) is 0 Å². The monoisotopic (exact) mass is 381 g/mol. The molecule has 3 heterocycles. The Morgan fingerprint density at radius 1 is 1.19 bits per heavy atom. The molecule has 2 N–H and O–H groups in total. The molecule has 0 bridgehead atoms. The van der Waals surface area contributed by atoms with Crippen LogP contribution in [0.2, 0.25) is 0 Å². The van der Waals surface area contributed by atoms with Gasteiger partial charge in [0, 0.05) is 10.4 Å². The summed E-state index contributed by atoms with van der Waals surface area (Å²) in [6.07, 6.45) is 1.72. The van der Waals surface area contributed by atoms with Gasteiger partial charge in [0.15, 0.2) is 11.5 Å². The van der Waals surface area contributed by atoms with Crippen molar-refractivity contribution in [1.82, 2.24) is 19.6 Å². The third kappa shape index (κ3) is 3.07. The van der Waals surface area contributed by atoms with Gasteiger partial charge in [-0.05, 0) is 25.3 Å². The number of aliphatic hydroxyl groups excluding tert-OH is 1. The van der Waals surface area contributed by atoms with Crippen LogP contribution in [-0.4, -0.2) is 37.3 Å². The van der Waals surface area contributed by atoms with Crippen LogP contribution in [0, 0.1) is 6.92 Å². The van der Waals surface area contributed by atoms with Crippen LogP contribution in [0.3, 0.4) is 0 Å². The number of benzene rings is 1. The first-order valence-corrected chi connectivity index (χ1v) is 10.1. The zero-order valence-electron chi connectivity index (χ0n) is 15.7. The van der Waals surface area contributed by atoms with Crippen molar-refractivity contribution < 1.29 is 5.11 Å². The van der Waals surface area contributed by atoms with E-state index in [1.54, 1.807) is 15.9 Å². The zero-order valence-corrected chi connectivity index (χ0v) is 16.5. The van der Waals surface area contributed by atoms with Gasteiger partial charge in [-0.1, -0.05) is 44.2 Å². The maximum atomic E-state index is 9.61. The number of rotatable bonds is 6. The number of fused-ring (bicyclic) bond motifs is 3. The van der Waals surface area contributed by atoms with Gasteiger partial charge >= 0.3 is 0 Å². The first-order valence-electron chi connectivity index (χ1n) is 9.27. The Morgan fingerprint density at radius 2 is 1.96 bits per heavy atom. The fourth-order valence-electron chi connectivity index (χ4n) is 3.33. The van der Waals surface area contributed by atoms with Crippen molar-refractivity contribution in [2.75, 3.05) is 11.9 Å². The molecule has 0 saturated carbocycles. The molecule has 0 saturated heterocycles. The lowest BCUT2D eigenvalue weighted by molar-refractivity contribution is 0.271. The molecule has 27 heavy (non-hydrogen) atoms. The third-order valence-corrected chi connectivity index (χ3v) is 5.90. The number of nitrogens with zero attached hydrogens (tertiary/aromatic N) is 4. The van der Waals surface area contributed by atoms with Crippen molar-refractivity contribution in [2.24, 2.45) is 0 Å². The summed E-state index contributed by atoms with van der Waals surface area (Å²) in [6, 6.07) is 9.90. The quantitative estimate of drug-likeness (QED) is 0.527. The highest BCUT2D eigenvalue weighted by Gasteiger charge is 2.20. The molecule has 0 aliphatic carbocycles. The third-order valence-electron chi connectivity index (χ3n) is 4.86. The van der Waals surface area contributed by atoms with E-state index in [2.05, 4.69) is 19.2 Å². The number of aliphatic hydroxyl groups is 1. The van der Waals surface area contributed by atoms with Crippen molar-refractivity contribution in [3.63, 3.8) is 0 Å². The SMILES string of the molecule is CCc1c(C)sc2nc(N[C@H](CC)CO)n3nc(-c4ccccc4)nc3c12. The van der Waals surface area contributed by atoms with Gasteiger partial charge in [0.25, 0.3) is 0 Å². The fourth-order valence-corrected chi connectivity index (χ4v) is 4.43. The van der Waals surface area contributed by atoms with Crippen molar-refractivity contribution in [3.05, 3.63) is 40.8 Å². The molecule has 1 aromatic carbocycles. The van der Waals surface area contributed by atoms with Crippen LogP contribution in [-0.2, 0) is 6.42 Å². The van der Waals surface area contributed by atoms with Gasteiger partial charge in [0.2, 0.25) is 5.95 Å². The molecular formula is C20H23N5OS. The normalized spacial score (nSPS) is 12.7. The Balaban J connectivity index is 2.00. The minimum atomic E-state index is -0.0748. The average molecular weight is 382 g/mol. The summed E-state index contributed by atoms with van der Waals surface area (Å²) >= 11 is 1.68. The Kier molecular flexibility index (Phi) is 4.80. The van der Waals surface area contributed by atoms with Crippen LogP contribution in [0.4, 0.5) is 5.95 Å². The maximum absolute atomic E-state index is 9.61. The number of hydrogen-bond acceptors (Lipinski definition) is 6. The van der Waals surface area contributed by atoms with E-state index in [4.69, 9.17) is 15.1 Å². The van der Waals surface area contributed by atoms with Gasteiger partial charge in [-0.2, -0.15) is 4.52 Å². The number of nitrogens with one attached hydrogen (secondary N) is 1. The highest BCUT2D eigenvalue weighted by Crippen LogP contribution is 2.34. The molecule has 0 unspecified atom stereocenters. The van der Waals surface area contributed by atoms with Crippen LogP contribution >= 0.6 is 11.3 Å². The van der Waals surface area contributed by atoms with Crippen molar-refractivity contribution >= 4 is 33.1 Å². The van der Waals surface area contributed by atoms with E-state index >= 15 is 0 Å². The molecule has 140 valence electrons. The molecule has 0 fully saturated rings. The molecule has 0 aliphatic rings. The summed E-state index contributed by atoms with van der Waals surface area (Å²) in [5.41, 5.74) is 3.06. The van der Waals surface area contributed by atoms with Gasteiger partial charge in [-0.15, -0.1) is 16.4 Å². The molecule has 4 rings (SSSR count). The Labute approximate surface area is 161 Å². The smallest absolute Gasteiger partial charge is 0.227 e. The standard InChI is InChI=1S/C20H23N5OS/c1-4-14(11-26)21-20-23-19-16(15(5-2)12(3)27-19)18-22-17(24-25(18)20)13-9-7-6-8-10-13/h6-10,14,26H,4-5,11H2,1-3H3,(H,21,23)/t14-/m1/s1. The number of hydrogen-bond donors (Lipinski definition) is 2. The molecular weight excluding hydrogens is 358 g/mol. The minimum absolute atomic E-state index is 0.0433. The van der Waals surface area contributed by atoms with E-state index in [1.807, 2.05) is 37.3 Å². The highest BCUT2D eigenvalue weighted by molar-refractivity contribution is 7.18. The summed E-state index contributed by atoms with van der Waals surface area (Å²) in [6.45, 7) is 6.36. The number of aryl methyl sites for hydroxylation is 2. The Bertz CT molecular complexity index is 1080. The summed E-state index contributed by atoms with van der Waals surface area (Å²) in [4.78, 5) is 11.9.